The van der Waals surface area contributed by atoms with Crippen LogP contribution in [-0.2, 0) is 14.3 Å². The highest BCUT2D eigenvalue weighted by Crippen LogP contribution is 2.29. The number of benzene rings is 2. The van der Waals surface area contributed by atoms with Crippen LogP contribution in [0.1, 0.15) is 30.4 Å². The van der Waals surface area contributed by atoms with Gasteiger partial charge in [0.05, 0.1) is 26.4 Å². The van der Waals surface area contributed by atoms with Crippen LogP contribution < -0.4 is 9.80 Å². The van der Waals surface area contributed by atoms with E-state index in [-0.39, 0.29) is 5.78 Å². The summed E-state index contributed by atoms with van der Waals surface area (Å²) in [6.45, 7) is 6.86. The van der Waals surface area contributed by atoms with Crippen molar-refractivity contribution in [3.8, 4) is 0 Å². The third kappa shape index (κ3) is 5.37. The Bertz CT molecular complexity index is 931. The Labute approximate surface area is 196 Å². The fourth-order valence-electron chi connectivity index (χ4n) is 4.79. The van der Waals surface area contributed by atoms with Crippen LogP contribution in [0.4, 0.5) is 11.4 Å². The summed E-state index contributed by atoms with van der Waals surface area (Å²) in [4.78, 5) is 17.9. The van der Waals surface area contributed by atoms with Gasteiger partial charge in [-0.3, -0.25) is 4.79 Å². The third-order valence-corrected chi connectivity index (χ3v) is 6.70. The van der Waals surface area contributed by atoms with Gasteiger partial charge in [-0.1, -0.05) is 24.3 Å². The Hall–Kier alpha value is -2.89. The van der Waals surface area contributed by atoms with Gasteiger partial charge in [-0.25, -0.2) is 0 Å². The first kappa shape index (κ1) is 21.9. The zero-order chi connectivity index (χ0) is 22.5. The highest BCUT2D eigenvalue weighted by atomic mass is 16.5. The van der Waals surface area contributed by atoms with Crippen LogP contribution in [0.25, 0.3) is 12.2 Å². The molecule has 5 nitrogen and oxygen atoms in total. The van der Waals surface area contributed by atoms with Crippen molar-refractivity contribution >= 4 is 29.3 Å². The van der Waals surface area contributed by atoms with E-state index in [4.69, 9.17) is 9.47 Å². The highest BCUT2D eigenvalue weighted by Gasteiger charge is 2.21. The molecule has 33 heavy (non-hydrogen) atoms. The van der Waals surface area contributed by atoms with E-state index in [1.807, 2.05) is 0 Å². The van der Waals surface area contributed by atoms with Crippen molar-refractivity contribution in [1.82, 2.24) is 0 Å². The van der Waals surface area contributed by atoms with E-state index in [0.29, 0.717) is 0 Å². The molecule has 0 N–H and O–H groups in total. The zero-order valence-electron chi connectivity index (χ0n) is 19.2. The first-order valence-electron chi connectivity index (χ1n) is 12.1. The number of carbonyl (C=O) groups is 1. The van der Waals surface area contributed by atoms with E-state index in [1.165, 1.54) is 11.4 Å². The second kappa shape index (κ2) is 10.4. The molecule has 2 aromatic rings. The second-order valence-corrected chi connectivity index (χ2v) is 8.90. The molecule has 1 aliphatic carbocycles. The van der Waals surface area contributed by atoms with Crippen molar-refractivity contribution in [2.45, 2.75) is 19.3 Å². The van der Waals surface area contributed by atoms with Gasteiger partial charge >= 0.3 is 0 Å². The average Bonchev–Trinajstić information content (AvgIpc) is 2.88. The minimum absolute atomic E-state index is 0.191. The normalized spacial score (nSPS) is 22.2. The minimum atomic E-state index is 0.191. The third-order valence-electron chi connectivity index (χ3n) is 6.70. The Morgan fingerprint density at radius 3 is 1.39 bits per heavy atom. The van der Waals surface area contributed by atoms with Gasteiger partial charge in [0.15, 0.2) is 5.78 Å². The Morgan fingerprint density at radius 1 is 0.606 bits per heavy atom. The number of anilines is 2. The van der Waals surface area contributed by atoms with E-state index in [9.17, 15) is 4.79 Å². The number of ketones is 1. The predicted octanol–water partition coefficient (Wildman–Crippen LogP) is 4.58. The van der Waals surface area contributed by atoms with Crippen LogP contribution >= 0.6 is 0 Å². The molecule has 3 aliphatic rings. The van der Waals surface area contributed by atoms with E-state index in [2.05, 4.69) is 70.5 Å². The van der Waals surface area contributed by atoms with Crippen molar-refractivity contribution in [3.63, 3.8) is 0 Å². The summed E-state index contributed by atoms with van der Waals surface area (Å²) in [6.07, 6.45) is 6.84. The molecule has 2 saturated heterocycles. The van der Waals surface area contributed by atoms with Crippen molar-refractivity contribution in [2.75, 3.05) is 62.4 Å². The second-order valence-electron chi connectivity index (χ2n) is 8.90. The first-order valence-corrected chi connectivity index (χ1v) is 12.1. The van der Waals surface area contributed by atoms with Crippen LogP contribution in [-0.4, -0.2) is 58.4 Å². The van der Waals surface area contributed by atoms with Gasteiger partial charge in [-0.05, 0) is 66.8 Å². The average molecular weight is 445 g/mol. The number of hydrogen-bond donors (Lipinski definition) is 0. The van der Waals surface area contributed by atoms with Crippen LogP contribution in [0.3, 0.4) is 0 Å². The number of allylic oxidation sites excluding steroid dienone is 2. The maximum Gasteiger partial charge on any atom is 0.185 e. The molecule has 172 valence electrons. The summed E-state index contributed by atoms with van der Waals surface area (Å²) in [6, 6.07) is 17.1. The molecule has 0 atom stereocenters. The lowest BCUT2D eigenvalue weighted by molar-refractivity contribution is -0.112. The SMILES string of the molecule is O=C1/C(=C/c2ccc(N3CCOCC3)cc2)CCC/C1=C\c1ccc(N2CCOCC2)cc1. The molecule has 2 aromatic carbocycles. The van der Waals surface area contributed by atoms with Crippen LogP contribution in [0.15, 0.2) is 59.7 Å². The summed E-state index contributed by atoms with van der Waals surface area (Å²) in [5.74, 6) is 0.191. The molecule has 3 fully saturated rings. The molecule has 0 spiro atoms. The summed E-state index contributed by atoms with van der Waals surface area (Å²) in [7, 11) is 0. The lowest BCUT2D eigenvalue weighted by atomic mass is 9.87. The molecule has 0 aromatic heterocycles. The van der Waals surface area contributed by atoms with E-state index in [0.717, 1.165) is 94.1 Å². The number of rotatable bonds is 4. The number of morpholine rings is 2. The molecular formula is C28H32N2O3. The summed E-state index contributed by atoms with van der Waals surface area (Å²) < 4.78 is 10.9. The number of nitrogens with zero attached hydrogens (tertiary/aromatic N) is 2. The monoisotopic (exact) mass is 444 g/mol. The van der Waals surface area contributed by atoms with Crippen LogP contribution in [0.2, 0.25) is 0 Å². The Kier molecular flexibility index (Phi) is 6.89. The van der Waals surface area contributed by atoms with Crippen molar-refractivity contribution in [3.05, 3.63) is 70.8 Å². The first-order chi connectivity index (χ1) is 16.3. The zero-order valence-corrected chi connectivity index (χ0v) is 19.2. The van der Waals surface area contributed by atoms with Gasteiger partial charge in [0.1, 0.15) is 0 Å². The van der Waals surface area contributed by atoms with Gasteiger partial charge in [-0.2, -0.15) is 0 Å². The summed E-state index contributed by atoms with van der Waals surface area (Å²) >= 11 is 0. The molecule has 5 heteroatoms. The Morgan fingerprint density at radius 2 is 1.00 bits per heavy atom. The highest BCUT2D eigenvalue weighted by molar-refractivity contribution is 6.14. The quantitative estimate of drug-likeness (QED) is 0.646. The number of carbonyl (C=O) groups excluding carboxylic acids is 1. The number of hydrogen-bond acceptors (Lipinski definition) is 5. The van der Waals surface area contributed by atoms with Crippen molar-refractivity contribution in [1.29, 1.82) is 0 Å². The molecule has 2 aliphatic heterocycles. The lowest BCUT2D eigenvalue weighted by Crippen LogP contribution is -2.36. The number of ether oxygens (including phenoxy) is 2. The maximum atomic E-state index is 13.2. The molecule has 5 rings (SSSR count). The van der Waals surface area contributed by atoms with Gasteiger partial charge in [0.2, 0.25) is 0 Å². The molecular weight excluding hydrogens is 412 g/mol. The van der Waals surface area contributed by atoms with E-state index in [1.54, 1.807) is 0 Å². The van der Waals surface area contributed by atoms with E-state index >= 15 is 0 Å². The maximum absolute atomic E-state index is 13.2. The minimum Gasteiger partial charge on any atom is -0.378 e. The summed E-state index contributed by atoms with van der Waals surface area (Å²) in [5.41, 5.74) is 6.44. The molecule has 1 saturated carbocycles. The van der Waals surface area contributed by atoms with Crippen molar-refractivity contribution < 1.29 is 14.3 Å². The van der Waals surface area contributed by atoms with Crippen molar-refractivity contribution in [2.24, 2.45) is 0 Å². The van der Waals surface area contributed by atoms with Gasteiger partial charge in [0, 0.05) is 48.7 Å². The standard InChI is InChI=1S/C28H32N2O3/c31-28-24(20-22-4-8-26(9-5-22)29-12-16-32-17-13-29)2-1-3-25(28)21-23-6-10-27(11-7-23)30-14-18-33-19-15-30/h4-11,20-21H,1-3,12-19H2/b24-20+,25-21+. The van der Waals surface area contributed by atoms with Crippen LogP contribution in [0, 0.1) is 0 Å². The Balaban J connectivity index is 1.27. The predicted molar refractivity (Wildman–Crippen MR) is 134 cm³/mol. The molecule has 0 unspecified atom stereocenters. The van der Waals surface area contributed by atoms with Gasteiger partial charge in [0.25, 0.3) is 0 Å². The van der Waals surface area contributed by atoms with Gasteiger partial charge in [-0.15, -0.1) is 0 Å². The fraction of sp³-hybridized carbons (Fsp3) is 0.393. The van der Waals surface area contributed by atoms with Gasteiger partial charge < -0.3 is 19.3 Å². The summed E-state index contributed by atoms with van der Waals surface area (Å²) in [5, 5.41) is 0. The smallest absolute Gasteiger partial charge is 0.185 e. The lowest BCUT2D eigenvalue weighted by Gasteiger charge is -2.29. The molecule has 0 bridgehead atoms. The molecule has 0 radical (unpaired) electrons. The number of Topliss-reactive ketones (excluding diaryl/α,β-unsaturated/α-hetero) is 1. The van der Waals surface area contributed by atoms with E-state index < -0.39 is 0 Å². The molecule has 2 heterocycles. The largest absolute Gasteiger partial charge is 0.378 e. The topological polar surface area (TPSA) is 42.0 Å². The molecule has 0 amide bonds. The fourth-order valence-corrected chi connectivity index (χ4v) is 4.79. The van der Waals surface area contributed by atoms with Crippen LogP contribution in [0.5, 0.6) is 0 Å².